The summed E-state index contributed by atoms with van der Waals surface area (Å²) >= 11 is 0.489. The number of benzene rings is 2. The Kier molecular flexibility index (Phi) is 5.58. The predicted octanol–water partition coefficient (Wildman–Crippen LogP) is 4.27. The van der Waals surface area contributed by atoms with Crippen molar-refractivity contribution >= 4 is 23.4 Å². The van der Waals surface area contributed by atoms with Crippen molar-refractivity contribution in [3.63, 3.8) is 0 Å². The molecule has 2 aromatic rings. The predicted molar refractivity (Wildman–Crippen MR) is 97.6 cm³/mol. The Bertz CT molecular complexity index is 728. The number of thioether (sulfide) groups is 1. The third kappa shape index (κ3) is 4.51. The van der Waals surface area contributed by atoms with Crippen molar-refractivity contribution in [2.24, 2.45) is 0 Å². The molecule has 0 N–H and O–H groups in total. The SMILES string of the molecule is Cc1cccc(N2CCN(C(=O)c3ccc(SC(F)F)cc3)CC2)c1. The molecular weight excluding hydrogens is 342 g/mol. The van der Waals surface area contributed by atoms with Gasteiger partial charge in [-0.2, -0.15) is 8.78 Å². The standard InChI is InChI=1S/C19H20F2N2OS/c1-14-3-2-4-16(13-14)22-9-11-23(12-10-22)18(24)15-5-7-17(8-6-15)25-19(20)21/h2-8,13,19H,9-12H2,1H3. The number of rotatable bonds is 4. The Morgan fingerprint density at radius 1 is 1.04 bits per heavy atom. The number of halogens is 2. The summed E-state index contributed by atoms with van der Waals surface area (Å²) in [6.45, 7) is 4.95. The molecule has 0 spiro atoms. The maximum atomic E-state index is 12.6. The molecule has 3 rings (SSSR count). The fourth-order valence-electron chi connectivity index (χ4n) is 2.95. The van der Waals surface area contributed by atoms with Crippen LogP contribution in [0.15, 0.2) is 53.4 Å². The highest BCUT2D eigenvalue weighted by atomic mass is 32.2. The smallest absolute Gasteiger partial charge is 0.288 e. The summed E-state index contributed by atoms with van der Waals surface area (Å²) in [4.78, 5) is 17.1. The zero-order valence-electron chi connectivity index (χ0n) is 14.0. The van der Waals surface area contributed by atoms with Crippen LogP contribution in [0.5, 0.6) is 0 Å². The van der Waals surface area contributed by atoms with Gasteiger partial charge in [0.25, 0.3) is 11.7 Å². The average molecular weight is 362 g/mol. The fraction of sp³-hybridized carbons (Fsp3) is 0.316. The van der Waals surface area contributed by atoms with Crippen molar-refractivity contribution < 1.29 is 13.6 Å². The van der Waals surface area contributed by atoms with Crippen molar-refractivity contribution in [1.82, 2.24) is 4.90 Å². The van der Waals surface area contributed by atoms with E-state index in [4.69, 9.17) is 0 Å². The van der Waals surface area contributed by atoms with Gasteiger partial charge in [0.15, 0.2) is 0 Å². The number of aryl methyl sites for hydroxylation is 1. The lowest BCUT2D eigenvalue weighted by atomic mass is 10.1. The van der Waals surface area contributed by atoms with Crippen molar-refractivity contribution in [1.29, 1.82) is 0 Å². The molecule has 0 aliphatic carbocycles. The fourth-order valence-corrected chi connectivity index (χ4v) is 3.45. The average Bonchev–Trinajstić information content (AvgIpc) is 2.61. The summed E-state index contributed by atoms with van der Waals surface area (Å²) in [5.41, 5.74) is 2.95. The highest BCUT2D eigenvalue weighted by molar-refractivity contribution is 7.99. The highest BCUT2D eigenvalue weighted by Gasteiger charge is 2.22. The van der Waals surface area contributed by atoms with Gasteiger partial charge < -0.3 is 9.80 Å². The number of nitrogens with zero attached hydrogens (tertiary/aromatic N) is 2. The molecule has 1 fully saturated rings. The highest BCUT2D eigenvalue weighted by Crippen LogP contribution is 2.25. The monoisotopic (exact) mass is 362 g/mol. The van der Waals surface area contributed by atoms with Gasteiger partial charge in [0.2, 0.25) is 0 Å². The molecule has 1 amide bonds. The topological polar surface area (TPSA) is 23.6 Å². The lowest BCUT2D eigenvalue weighted by molar-refractivity contribution is 0.0746. The molecule has 25 heavy (non-hydrogen) atoms. The normalized spacial score (nSPS) is 14.9. The molecule has 132 valence electrons. The van der Waals surface area contributed by atoms with Crippen LogP contribution in [0.2, 0.25) is 0 Å². The molecule has 1 aliphatic rings. The zero-order chi connectivity index (χ0) is 17.8. The second-order valence-corrected chi connectivity index (χ2v) is 7.08. The van der Waals surface area contributed by atoms with Crippen molar-refractivity contribution in [3.05, 3.63) is 59.7 Å². The molecule has 0 radical (unpaired) electrons. The van der Waals surface area contributed by atoms with Crippen LogP contribution in [0.25, 0.3) is 0 Å². The van der Waals surface area contributed by atoms with Crippen LogP contribution in [0, 0.1) is 6.92 Å². The number of carbonyl (C=O) groups is 1. The van der Waals surface area contributed by atoms with Crippen LogP contribution in [-0.2, 0) is 0 Å². The molecule has 1 saturated heterocycles. The van der Waals surface area contributed by atoms with Crippen molar-refractivity contribution in [2.45, 2.75) is 17.6 Å². The Hall–Kier alpha value is -2.08. The largest absolute Gasteiger partial charge is 0.368 e. The molecule has 1 aliphatic heterocycles. The molecule has 0 bridgehead atoms. The molecule has 2 aromatic carbocycles. The molecule has 0 saturated carbocycles. The maximum absolute atomic E-state index is 12.6. The van der Waals surface area contributed by atoms with Gasteiger partial charge in [-0.1, -0.05) is 23.9 Å². The van der Waals surface area contributed by atoms with Crippen LogP contribution < -0.4 is 4.90 Å². The second kappa shape index (κ2) is 7.87. The van der Waals surface area contributed by atoms with Gasteiger partial charge in [-0.25, -0.2) is 0 Å². The van der Waals surface area contributed by atoms with Gasteiger partial charge in [0.1, 0.15) is 0 Å². The quantitative estimate of drug-likeness (QED) is 0.759. The summed E-state index contributed by atoms with van der Waals surface area (Å²) in [5.74, 6) is -2.49. The van der Waals surface area contributed by atoms with Crippen molar-refractivity contribution in [3.8, 4) is 0 Å². The Morgan fingerprint density at radius 3 is 2.32 bits per heavy atom. The van der Waals surface area contributed by atoms with Crippen LogP contribution in [-0.4, -0.2) is 42.7 Å². The van der Waals surface area contributed by atoms with E-state index in [1.807, 2.05) is 11.0 Å². The number of carbonyl (C=O) groups excluding carboxylic acids is 1. The Balaban J connectivity index is 1.59. The van der Waals surface area contributed by atoms with Gasteiger partial charge in [-0.15, -0.1) is 0 Å². The lowest BCUT2D eigenvalue weighted by Crippen LogP contribution is -2.48. The van der Waals surface area contributed by atoms with Gasteiger partial charge in [-0.05, 0) is 48.9 Å². The maximum Gasteiger partial charge on any atom is 0.288 e. The second-order valence-electron chi connectivity index (χ2n) is 6.02. The van der Waals surface area contributed by atoms with Crippen LogP contribution in [0.4, 0.5) is 14.5 Å². The third-order valence-corrected chi connectivity index (χ3v) is 4.98. The first-order valence-corrected chi connectivity index (χ1v) is 9.06. The molecule has 6 heteroatoms. The van der Waals surface area contributed by atoms with E-state index in [0.717, 1.165) is 13.1 Å². The molecule has 3 nitrogen and oxygen atoms in total. The molecule has 0 unspecified atom stereocenters. The van der Waals surface area contributed by atoms with Crippen LogP contribution >= 0.6 is 11.8 Å². The third-order valence-electron chi connectivity index (χ3n) is 4.26. The van der Waals surface area contributed by atoms with Crippen LogP contribution in [0.3, 0.4) is 0 Å². The van der Waals surface area contributed by atoms with E-state index < -0.39 is 5.76 Å². The van der Waals surface area contributed by atoms with Gasteiger partial charge in [0.05, 0.1) is 0 Å². The van der Waals surface area contributed by atoms with E-state index >= 15 is 0 Å². The number of amides is 1. The Labute approximate surface area is 150 Å². The van der Waals surface area contributed by atoms with Gasteiger partial charge in [0, 0.05) is 42.3 Å². The molecular formula is C19H20F2N2OS. The van der Waals surface area contributed by atoms with E-state index in [1.165, 1.54) is 11.3 Å². The van der Waals surface area contributed by atoms with E-state index in [0.29, 0.717) is 35.3 Å². The first-order chi connectivity index (χ1) is 12.0. The first-order valence-electron chi connectivity index (χ1n) is 8.19. The first kappa shape index (κ1) is 17.7. The number of hydrogen-bond donors (Lipinski definition) is 0. The van der Waals surface area contributed by atoms with Crippen LogP contribution in [0.1, 0.15) is 15.9 Å². The summed E-state index contributed by atoms with van der Waals surface area (Å²) < 4.78 is 24.7. The van der Waals surface area contributed by atoms with Crippen molar-refractivity contribution in [2.75, 3.05) is 31.1 Å². The summed E-state index contributed by atoms with van der Waals surface area (Å²) in [6.07, 6.45) is 0. The number of anilines is 1. The summed E-state index contributed by atoms with van der Waals surface area (Å²) in [6, 6.07) is 14.8. The molecule has 1 heterocycles. The minimum atomic E-state index is -2.45. The van der Waals surface area contributed by atoms with E-state index in [-0.39, 0.29) is 5.91 Å². The summed E-state index contributed by atoms with van der Waals surface area (Å²) in [7, 11) is 0. The minimum Gasteiger partial charge on any atom is -0.368 e. The van der Waals surface area contributed by atoms with Gasteiger partial charge in [-0.3, -0.25) is 4.79 Å². The number of alkyl halides is 2. The van der Waals surface area contributed by atoms with Gasteiger partial charge >= 0.3 is 0 Å². The lowest BCUT2D eigenvalue weighted by Gasteiger charge is -2.36. The molecule has 0 atom stereocenters. The van der Waals surface area contributed by atoms with E-state index in [1.54, 1.807) is 24.3 Å². The number of piperazine rings is 1. The van der Waals surface area contributed by atoms with E-state index in [9.17, 15) is 13.6 Å². The molecule has 0 aromatic heterocycles. The zero-order valence-corrected chi connectivity index (χ0v) is 14.8. The number of hydrogen-bond acceptors (Lipinski definition) is 3. The van der Waals surface area contributed by atoms with E-state index in [2.05, 4.69) is 30.0 Å². The summed E-state index contributed by atoms with van der Waals surface area (Å²) in [5, 5.41) is 0. The Morgan fingerprint density at radius 2 is 1.72 bits per heavy atom. The minimum absolute atomic E-state index is 0.0440.